The van der Waals surface area contributed by atoms with Gasteiger partial charge in [-0.1, -0.05) is 0 Å². The molecule has 6 heteroatoms. The summed E-state index contributed by atoms with van der Waals surface area (Å²) >= 11 is 0. The molecule has 0 saturated carbocycles. The smallest absolute Gasteiger partial charge is 2.00 e. The molecule has 0 aromatic carbocycles. The third kappa shape index (κ3) is 61.1. The van der Waals surface area contributed by atoms with E-state index in [1.165, 1.54) is 0 Å². The van der Waals surface area contributed by atoms with E-state index in [1.54, 1.807) is 0 Å². The maximum Gasteiger partial charge on any atom is 4.00 e. The van der Waals surface area contributed by atoms with Crippen LogP contribution in [-0.4, -0.2) is 0 Å². The van der Waals surface area contributed by atoms with E-state index >= 15 is 0 Å². The van der Waals surface area contributed by atoms with Crippen LogP contribution in [0.5, 0.6) is 0 Å². The number of hydrogen-bond donors (Lipinski definition) is 0. The fourth-order valence-electron chi connectivity index (χ4n) is 0. The Hall–Kier alpha value is 1.24. The average molecular weight is 296 g/mol. The number of hydrogen-bond acceptors (Lipinski definition) is 0. The molecule has 0 aliphatic carbocycles. The van der Waals surface area contributed by atoms with E-state index in [0.29, 0.717) is 0 Å². The van der Waals surface area contributed by atoms with Crippen LogP contribution in [0.15, 0.2) is 0 Å². The third-order valence-corrected chi connectivity index (χ3v) is 0. The fourth-order valence-corrected chi connectivity index (χ4v) is 0. The summed E-state index contributed by atoms with van der Waals surface area (Å²) in [5.74, 6) is 0. The van der Waals surface area contributed by atoms with Crippen molar-refractivity contribution in [1.82, 2.24) is 0 Å². The Kier molecular flexibility index (Phi) is 3390. The van der Waals surface area contributed by atoms with Gasteiger partial charge in [-0.3, -0.25) is 0 Å². The first-order valence-corrected chi connectivity index (χ1v) is 0. The molecule has 0 rings (SSSR count). The molecular formula is O4TiW. The summed E-state index contributed by atoms with van der Waals surface area (Å²) in [5.41, 5.74) is 0. The zero-order valence-corrected chi connectivity index (χ0v) is 7.04. The Labute approximate surface area is 64.7 Å². The fraction of sp³-hybridized carbons (Fsp3) is 0. The maximum absolute atomic E-state index is 0. The Morgan fingerprint density at radius 2 is 0.500 bits per heavy atom. The molecule has 0 spiro atoms. The largest absolute Gasteiger partial charge is 4.00 e. The average Bonchev–Trinajstić information content (AvgIpc) is 0. The summed E-state index contributed by atoms with van der Waals surface area (Å²) in [6.07, 6.45) is 0. The van der Waals surface area contributed by atoms with Crippen molar-refractivity contribution in [3.05, 3.63) is 0 Å². The maximum atomic E-state index is 0. The minimum Gasteiger partial charge on any atom is -2.00 e. The van der Waals surface area contributed by atoms with Crippen LogP contribution >= 0.6 is 0 Å². The Morgan fingerprint density at radius 1 is 0.500 bits per heavy atom. The Bertz CT molecular complexity index is 7.51. The van der Waals surface area contributed by atoms with Crippen LogP contribution in [0.2, 0.25) is 0 Å². The summed E-state index contributed by atoms with van der Waals surface area (Å²) in [5, 5.41) is 0. The van der Waals surface area contributed by atoms with Crippen LogP contribution in [0.1, 0.15) is 0 Å². The van der Waals surface area contributed by atoms with Crippen molar-refractivity contribution in [2.75, 3.05) is 0 Å². The van der Waals surface area contributed by atoms with Gasteiger partial charge in [-0.2, -0.15) is 0 Å². The van der Waals surface area contributed by atoms with Crippen molar-refractivity contribution in [3.63, 3.8) is 0 Å². The first kappa shape index (κ1) is 183. The molecule has 0 radical (unpaired) electrons. The van der Waals surface area contributed by atoms with E-state index in [4.69, 9.17) is 0 Å². The minimum absolute atomic E-state index is 0. The van der Waals surface area contributed by atoms with Gasteiger partial charge in [-0.25, -0.2) is 0 Å². The molecule has 0 aliphatic heterocycles. The third-order valence-electron chi connectivity index (χ3n) is 0. The van der Waals surface area contributed by atoms with Gasteiger partial charge < -0.3 is 21.9 Å². The molecule has 0 heterocycles. The second-order valence-electron chi connectivity index (χ2n) is 0. The van der Waals surface area contributed by atoms with Gasteiger partial charge in [0.2, 0.25) is 0 Å². The van der Waals surface area contributed by atoms with Gasteiger partial charge in [0.15, 0.2) is 0 Å². The van der Waals surface area contributed by atoms with Crippen molar-refractivity contribution >= 4 is 0 Å². The molecule has 0 aromatic heterocycles. The summed E-state index contributed by atoms with van der Waals surface area (Å²) in [7, 11) is 0. The van der Waals surface area contributed by atoms with Crippen LogP contribution in [0, 0.1) is 0 Å². The second kappa shape index (κ2) is 111. The summed E-state index contributed by atoms with van der Waals surface area (Å²) < 4.78 is 0. The SMILES string of the molecule is [O-2].[O-2].[O-2].[O-2].[Ti+4].[W+4]. The summed E-state index contributed by atoms with van der Waals surface area (Å²) in [6, 6.07) is 0. The van der Waals surface area contributed by atoms with Gasteiger partial charge in [0.05, 0.1) is 0 Å². The van der Waals surface area contributed by atoms with E-state index in [0.717, 1.165) is 0 Å². The zero-order valence-electron chi connectivity index (χ0n) is 2.54. The van der Waals surface area contributed by atoms with Gasteiger partial charge in [0.1, 0.15) is 0 Å². The molecule has 0 atom stereocenters. The first-order chi connectivity index (χ1) is 0. The van der Waals surface area contributed by atoms with Crippen LogP contribution in [0.25, 0.3) is 0 Å². The molecular weight excluding hydrogens is 296 g/mol. The standard InChI is InChI=1S/4O.Ti.W/q4*-2;2*+4. The van der Waals surface area contributed by atoms with Crippen LogP contribution in [-0.2, 0) is 64.7 Å². The van der Waals surface area contributed by atoms with E-state index in [2.05, 4.69) is 0 Å². The minimum atomic E-state index is 0. The predicted octanol–water partition coefficient (Wildman–Crippen LogP) is -0.480. The number of rotatable bonds is 0. The van der Waals surface area contributed by atoms with Crippen molar-refractivity contribution in [2.24, 2.45) is 0 Å². The van der Waals surface area contributed by atoms with Crippen molar-refractivity contribution < 1.29 is 64.7 Å². The molecule has 0 fully saturated rings. The molecule has 0 N–H and O–H groups in total. The Balaban J connectivity index is 0. The van der Waals surface area contributed by atoms with Gasteiger partial charge in [0, 0.05) is 0 Å². The second-order valence-corrected chi connectivity index (χ2v) is 0. The van der Waals surface area contributed by atoms with Gasteiger partial charge >= 0.3 is 42.8 Å². The van der Waals surface area contributed by atoms with Gasteiger partial charge in [-0.15, -0.1) is 0 Å². The van der Waals surface area contributed by atoms with Crippen molar-refractivity contribution in [2.45, 2.75) is 0 Å². The van der Waals surface area contributed by atoms with Gasteiger partial charge in [-0.05, 0) is 0 Å². The quantitative estimate of drug-likeness (QED) is 0.537. The van der Waals surface area contributed by atoms with E-state index in [1.807, 2.05) is 0 Å². The topological polar surface area (TPSA) is 114 Å². The molecule has 0 aromatic rings. The summed E-state index contributed by atoms with van der Waals surface area (Å²) in [6.45, 7) is 0. The van der Waals surface area contributed by atoms with Crippen molar-refractivity contribution in [1.29, 1.82) is 0 Å². The molecule has 6 heavy (non-hydrogen) atoms. The molecule has 4 nitrogen and oxygen atoms in total. The molecule has 34 valence electrons. The summed E-state index contributed by atoms with van der Waals surface area (Å²) in [4.78, 5) is 0. The first-order valence-electron chi connectivity index (χ1n) is 0. The molecule has 0 unspecified atom stereocenters. The van der Waals surface area contributed by atoms with Crippen LogP contribution < -0.4 is 0 Å². The van der Waals surface area contributed by atoms with E-state index < -0.39 is 0 Å². The monoisotopic (exact) mass is 296 g/mol. The normalized spacial score (nSPS) is 0. The van der Waals surface area contributed by atoms with E-state index in [-0.39, 0.29) is 64.7 Å². The molecule has 0 amide bonds. The molecule has 0 bridgehead atoms. The van der Waals surface area contributed by atoms with Crippen molar-refractivity contribution in [3.8, 4) is 0 Å². The molecule has 0 saturated heterocycles. The zero-order chi connectivity index (χ0) is 0. The molecule has 0 aliphatic rings. The van der Waals surface area contributed by atoms with Gasteiger partial charge in [0.25, 0.3) is 0 Å². The predicted molar refractivity (Wildman–Crippen MR) is 2.75 cm³/mol. The Morgan fingerprint density at radius 3 is 0.500 bits per heavy atom. The van der Waals surface area contributed by atoms with Crippen LogP contribution in [0.3, 0.4) is 0 Å². The van der Waals surface area contributed by atoms with E-state index in [9.17, 15) is 0 Å². The van der Waals surface area contributed by atoms with Crippen LogP contribution in [0.4, 0.5) is 0 Å².